The van der Waals surface area contributed by atoms with Crippen molar-refractivity contribution in [2.75, 3.05) is 7.11 Å². The molecule has 0 amide bonds. The molecule has 0 aliphatic carbocycles. The van der Waals surface area contributed by atoms with E-state index in [0.717, 1.165) is 22.6 Å². The van der Waals surface area contributed by atoms with Crippen molar-refractivity contribution in [1.82, 2.24) is 9.78 Å². The summed E-state index contributed by atoms with van der Waals surface area (Å²) in [6.45, 7) is 4.06. The molecule has 0 N–H and O–H groups in total. The van der Waals surface area contributed by atoms with Crippen LogP contribution in [0.15, 0.2) is 36.6 Å². The first kappa shape index (κ1) is 11.5. The molecule has 0 fully saturated rings. The summed E-state index contributed by atoms with van der Waals surface area (Å²) in [6.07, 6.45) is 3.61. The van der Waals surface area contributed by atoms with E-state index >= 15 is 0 Å². The number of hydrogen-bond donors (Lipinski definition) is 0. The number of hydrogen-bond acceptors (Lipinski definition) is 2. The van der Waals surface area contributed by atoms with Gasteiger partial charge in [-0.2, -0.15) is 5.10 Å². The average molecular weight is 228 g/mol. The van der Waals surface area contributed by atoms with Crippen molar-refractivity contribution in [3.63, 3.8) is 0 Å². The van der Waals surface area contributed by atoms with Crippen LogP contribution in [0.25, 0.3) is 11.8 Å². The Bertz CT molecular complexity index is 527. The number of para-hydroxylation sites is 1. The Labute approximate surface area is 101 Å². The van der Waals surface area contributed by atoms with Gasteiger partial charge in [-0.3, -0.25) is 0 Å². The monoisotopic (exact) mass is 228 g/mol. The Balaban J connectivity index is 2.48. The van der Waals surface area contributed by atoms with Crippen LogP contribution in [-0.2, 0) is 4.74 Å². The van der Waals surface area contributed by atoms with Gasteiger partial charge in [-0.05, 0) is 32.1 Å². The predicted molar refractivity (Wildman–Crippen MR) is 69.1 cm³/mol. The van der Waals surface area contributed by atoms with Gasteiger partial charge in [0.2, 0.25) is 0 Å². The van der Waals surface area contributed by atoms with Crippen molar-refractivity contribution >= 4 is 6.08 Å². The summed E-state index contributed by atoms with van der Waals surface area (Å²) in [7, 11) is 1.64. The molecule has 0 unspecified atom stereocenters. The highest BCUT2D eigenvalue weighted by atomic mass is 16.5. The highest BCUT2D eigenvalue weighted by Crippen LogP contribution is 2.18. The van der Waals surface area contributed by atoms with Crippen LogP contribution < -0.4 is 0 Å². The standard InChI is InChI=1S/C14H16N2O/c1-11-14(9-10-17-3)12(2)16(15-11)13-7-5-4-6-8-13/h4-10H,1-3H3/b10-9-. The third-order valence-corrected chi connectivity index (χ3v) is 2.72. The van der Waals surface area contributed by atoms with Gasteiger partial charge < -0.3 is 4.74 Å². The van der Waals surface area contributed by atoms with E-state index < -0.39 is 0 Å². The van der Waals surface area contributed by atoms with Crippen LogP contribution in [0.5, 0.6) is 0 Å². The molecule has 1 heterocycles. The maximum Gasteiger partial charge on any atom is 0.0831 e. The lowest BCUT2D eigenvalue weighted by Crippen LogP contribution is -1.98. The summed E-state index contributed by atoms with van der Waals surface area (Å²) < 4.78 is 6.90. The fraction of sp³-hybridized carbons (Fsp3) is 0.214. The third-order valence-electron chi connectivity index (χ3n) is 2.72. The number of ether oxygens (including phenoxy) is 1. The van der Waals surface area contributed by atoms with Crippen LogP contribution in [0, 0.1) is 13.8 Å². The van der Waals surface area contributed by atoms with E-state index in [1.54, 1.807) is 13.4 Å². The summed E-state index contributed by atoms with van der Waals surface area (Å²) in [5.41, 5.74) is 4.29. The number of benzene rings is 1. The second-order valence-corrected chi connectivity index (χ2v) is 3.87. The Morgan fingerprint density at radius 3 is 2.53 bits per heavy atom. The fourth-order valence-electron chi connectivity index (χ4n) is 1.85. The molecule has 0 aliphatic rings. The molecule has 2 rings (SSSR count). The Morgan fingerprint density at radius 1 is 1.18 bits per heavy atom. The van der Waals surface area contributed by atoms with Gasteiger partial charge in [-0.1, -0.05) is 18.2 Å². The Hall–Kier alpha value is -2.03. The quantitative estimate of drug-likeness (QED) is 0.755. The van der Waals surface area contributed by atoms with Crippen molar-refractivity contribution in [2.24, 2.45) is 0 Å². The summed E-state index contributed by atoms with van der Waals surface area (Å²) in [5.74, 6) is 0. The molecular formula is C14H16N2O. The summed E-state index contributed by atoms with van der Waals surface area (Å²) in [5, 5.41) is 4.54. The van der Waals surface area contributed by atoms with Gasteiger partial charge in [-0.25, -0.2) is 4.68 Å². The number of methoxy groups -OCH3 is 1. The minimum absolute atomic E-state index is 1.000. The van der Waals surface area contributed by atoms with E-state index in [9.17, 15) is 0 Å². The topological polar surface area (TPSA) is 27.1 Å². The largest absolute Gasteiger partial charge is 0.504 e. The first-order valence-electron chi connectivity index (χ1n) is 5.55. The van der Waals surface area contributed by atoms with E-state index in [4.69, 9.17) is 4.74 Å². The molecule has 0 spiro atoms. The molecule has 0 bridgehead atoms. The van der Waals surface area contributed by atoms with E-state index in [-0.39, 0.29) is 0 Å². The van der Waals surface area contributed by atoms with Gasteiger partial charge in [0, 0.05) is 11.3 Å². The molecule has 0 aliphatic heterocycles. The van der Waals surface area contributed by atoms with Crippen molar-refractivity contribution in [2.45, 2.75) is 13.8 Å². The first-order valence-corrected chi connectivity index (χ1v) is 5.55. The van der Waals surface area contributed by atoms with Gasteiger partial charge in [0.25, 0.3) is 0 Å². The lowest BCUT2D eigenvalue weighted by molar-refractivity contribution is 0.341. The van der Waals surface area contributed by atoms with E-state index in [0.29, 0.717) is 0 Å². The smallest absolute Gasteiger partial charge is 0.0831 e. The summed E-state index contributed by atoms with van der Waals surface area (Å²) in [4.78, 5) is 0. The van der Waals surface area contributed by atoms with Crippen LogP contribution in [0.1, 0.15) is 17.0 Å². The van der Waals surface area contributed by atoms with Crippen LogP contribution >= 0.6 is 0 Å². The molecule has 17 heavy (non-hydrogen) atoms. The zero-order chi connectivity index (χ0) is 12.3. The highest BCUT2D eigenvalue weighted by Gasteiger charge is 2.09. The number of nitrogens with zero attached hydrogens (tertiary/aromatic N) is 2. The second kappa shape index (κ2) is 4.87. The molecule has 1 aromatic heterocycles. The van der Waals surface area contributed by atoms with E-state index in [1.165, 1.54) is 0 Å². The predicted octanol–water partition coefficient (Wildman–Crippen LogP) is 3.11. The molecule has 0 saturated heterocycles. The average Bonchev–Trinajstić information content (AvgIpc) is 2.64. The van der Waals surface area contributed by atoms with Crippen LogP contribution in [0.4, 0.5) is 0 Å². The molecule has 88 valence electrons. The van der Waals surface area contributed by atoms with E-state index in [2.05, 4.69) is 12.0 Å². The van der Waals surface area contributed by atoms with Crippen molar-refractivity contribution < 1.29 is 4.74 Å². The van der Waals surface area contributed by atoms with Crippen molar-refractivity contribution in [3.05, 3.63) is 53.5 Å². The van der Waals surface area contributed by atoms with E-state index in [1.807, 2.05) is 48.0 Å². The lowest BCUT2D eigenvalue weighted by atomic mass is 10.2. The molecular weight excluding hydrogens is 212 g/mol. The maximum absolute atomic E-state index is 4.95. The number of aromatic nitrogens is 2. The second-order valence-electron chi connectivity index (χ2n) is 3.87. The van der Waals surface area contributed by atoms with Crippen LogP contribution in [0.2, 0.25) is 0 Å². The summed E-state index contributed by atoms with van der Waals surface area (Å²) in [6, 6.07) is 10.1. The SMILES string of the molecule is CO/C=C\c1c(C)nn(-c2ccccc2)c1C. The fourth-order valence-corrected chi connectivity index (χ4v) is 1.85. The number of rotatable bonds is 3. The summed E-state index contributed by atoms with van der Waals surface area (Å²) >= 11 is 0. The molecule has 1 aromatic carbocycles. The zero-order valence-electron chi connectivity index (χ0n) is 10.3. The van der Waals surface area contributed by atoms with Gasteiger partial charge in [0.05, 0.1) is 24.8 Å². The zero-order valence-corrected chi connectivity index (χ0v) is 10.3. The molecule has 0 atom stereocenters. The number of aryl methyl sites for hydroxylation is 1. The van der Waals surface area contributed by atoms with Crippen LogP contribution in [0.3, 0.4) is 0 Å². The normalized spacial score (nSPS) is 11.0. The maximum atomic E-state index is 4.95. The third kappa shape index (κ3) is 2.23. The first-order chi connectivity index (χ1) is 8.24. The van der Waals surface area contributed by atoms with Gasteiger partial charge in [0.1, 0.15) is 0 Å². The van der Waals surface area contributed by atoms with Gasteiger partial charge >= 0.3 is 0 Å². The molecule has 2 aromatic rings. The highest BCUT2D eigenvalue weighted by molar-refractivity contribution is 5.55. The molecule has 0 saturated carbocycles. The minimum atomic E-state index is 1.000. The van der Waals surface area contributed by atoms with Crippen LogP contribution in [-0.4, -0.2) is 16.9 Å². The van der Waals surface area contributed by atoms with Gasteiger partial charge in [0.15, 0.2) is 0 Å². The Morgan fingerprint density at radius 2 is 1.88 bits per heavy atom. The van der Waals surface area contributed by atoms with Crippen molar-refractivity contribution in [3.8, 4) is 5.69 Å². The molecule has 3 heteroatoms. The van der Waals surface area contributed by atoms with Gasteiger partial charge in [-0.15, -0.1) is 0 Å². The Kier molecular flexibility index (Phi) is 3.28. The van der Waals surface area contributed by atoms with Crippen molar-refractivity contribution in [1.29, 1.82) is 0 Å². The minimum Gasteiger partial charge on any atom is -0.504 e. The molecule has 3 nitrogen and oxygen atoms in total. The lowest BCUT2D eigenvalue weighted by Gasteiger charge is -2.03. The molecule has 0 radical (unpaired) electrons.